The van der Waals surface area contributed by atoms with E-state index in [9.17, 15) is 9.59 Å². The zero-order chi connectivity index (χ0) is 19.4. The molecule has 1 amide bonds. The second-order valence-electron chi connectivity index (χ2n) is 6.63. The molecule has 140 valence electrons. The summed E-state index contributed by atoms with van der Waals surface area (Å²) in [4.78, 5) is 32.1. The predicted octanol–water partition coefficient (Wildman–Crippen LogP) is 1.87. The van der Waals surface area contributed by atoms with E-state index < -0.39 is 5.91 Å². The molecule has 0 aliphatic heterocycles. The normalized spacial score (nSPS) is 11.0. The number of rotatable bonds is 6. The number of nitrogens with one attached hydrogen (secondary N) is 2. The standard InChI is InChI=1S/C20H23N5O2/c1-14-8-10-15(11-9-14)23-25-18(19(26)21-12-13-24(2)3)22-17-7-5-4-6-16(17)20(25)27/h4-11,23H,12-13H2,1-3H3,(H,21,26). The van der Waals surface area contributed by atoms with Crippen LogP contribution >= 0.6 is 0 Å². The smallest absolute Gasteiger partial charge is 0.289 e. The molecule has 2 aromatic carbocycles. The lowest BCUT2D eigenvalue weighted by Crippen LogP contribution is -2.39. The number of anilines is 1. The van der Waals surface area contributed by atoms with Gasteiger partial charge in [0.2, 0.25) is 5.82 Å². The highest BCUT2D eigenvalue weighted by Gasteiger charge is 2.17. The van der Waals surface area contributed by atoms with Gasteiger partial charge in [-0.25, -0.2) is 4.98 Å². The molecule has 7 heteroatoms. The number of aromatic nitrogens is 2. The second-order valence-corrected chi connectivity index (χ2v) is 6.63. The molecule has 0 aliphatic carbocycles. The summed E-state index contributed by atoms with van der Waals surface area (Å²) in [6.07, 6.45) is 0. The Hall–Kier alpha value is -3.19. The monoisotopic (exact) mass is 365 g/mol. The molecule has 2 N–H and O–H groups in total. The molecule has 0 bridgehead atoms. The van der Waals surface area contributed by atoms with Gasteiger partial charge in [-0.15, -0.1) is 0 Å². The van der Waals surface area contributed by atoms with E-state index in [-0.39, 0.29) is 11.4 Å². The molecule has 0 spiro atoms. The first kappa shape index (κ1) is 18.6. The van der Waals surface area contributed by atoms with Crippen molar-refractivity contribution in [1.29, 1.82) is 0 Å². The molecule has 1 heterocycles. The van der Waals surface area contributed by atoms with Crippen molar-refractivity contribution < 1.29 is 4.79 Å². The van der Waals surface area contributed by atoms with E-state index >= 15 is 0 Å². The summed E-state index contributed by atoms with van der Waals surface area (Å²) in [6.45, 7) is 3.13. The molecule has 0 unspecified atom stereocenters. The number of hydrogen-bond acceptors (Lipinski definition) is 5. The molecule has 3 aromatic rings. The highest BCUT2D eigenvalue weighted by Crippen LogP contribution is 2.12. The van der Waals surface area contributed by atoms with Crippen LogP contribution in [0.4, 0.5) is 5.69 Å². The van der Waals surface area contributed by atoms with Crippen LogP contribution < -0.4 is 16.3 Å². The van der Waals surface area contributed by atoms with Crippen LogP contribution in [0.15, 0.2) is 53.3 Å². The molecule has 0 atom stereocenters. The Kier molecular flexibility index (Phi) is 5.52. The van der Waals surface area contributed by atoms with Crippen LogP contribution in [-0.2, 0) is 0 Å². The number of amides is 1. The Morgan fingerprint density at radius 3 is 2.52 bits per heavy atom. The minimum Gasteiger partial charge on any atom is -0.348 e. The number of carbonyl (C=O) groups excluding carboxylic acids is 1. The van der Waals surface area contributed by atoms with Gasteiger partial charge in [-0.3, -0.25) is 15.0 Å². The van der Waals surface area contributed by atoms with Crippen LogP contribution in [0.3, 0.4) is 0 Å². The number of likely N-dealkylation sites (N-methyl/N-ethyl adjacent to an activating group) is 1. The molecule has 0 saturated heterocycles. The minimum atomic E-state index is -0.403. The van der Waals surface area contributed by atoms with E-state index in [0.717, 1.165) is 5.56 Å². The number of hydrogen-bond donors (Lipinski definition) is 2. The average molecular weight is 365 g/mol. The van der Waals surface area contributed by atoms with Gasteiger partial charge < -0.3 is 10.2 Å². The zero-order valence-corrected chi connectivity index (χ0v) is 15.7. The number of nitrogens with zero attached hydrogens (tertiary/aromatic N) is 3. The van der Waals surface area contributed by atoms with Crippen LogP contribution in [0.2, 0.25) is 0 Å². The van der Waals surface area contributed by atoms with Gasteiger partial charge in [0.1, 0.15) is 0 Å². The van der Waals surface area contributed by atoms with Crippen molar-refractivity contribution in [2.24, 2.45) is 0 Å². The van der Waals surface area contributed by atoms with Gasteiger partial charge in [-0.05, 0) is 45.3 Å². The van der Waals surface area contributed by atoms with E-state index in [1.54, 1.807) is 24.3 Å². The van der Waals surface area contributed by atoms with E-state index in [1.165, 1.54) is 4.68 Å². The van der Waals surface area contributed by atoms with E-state index in [0.29, 0.717) is 29.7 Å². The Balaban J connectivity index is 2.02. The van der Waals surface area contributed by atoms with Gasteiger partial charge in [0.15, 0.2) is 0 Å². The van der Waals surface area contributed by atoms with Gasteiger partial charge in [0.05, 0.1) is 16.6 Å². The SMILES string of the molecule is Cc1ccc(Nn2c(C(=O)NCCN(C)C)nc3ccccc3c2=O)cc1. The first-order chi connectivity index (χ1) is 13.0. The quantitative estimate of drug-likeness (QED) is 0.697. The third kappa shape index (κ3) is 4.32. The maximum atomic E-state index is 13.0. The number of carbonyl (C=O) groups is 1. The highest BCUT2D eigenvalue weighted by molar-refractivity contribution is 5.93. The van der Waals surface area contributed by atoms with Crippen molar-refractivity contribution in [3.63, 3.8) is 0 Å². The van der Waals surface area contributed by atoms with Crippen LogP contribution in [0.25, 0.3) is 10.9 Å². The third-order valence-electron chi connectivity index (χ3n) is 4.12. The Bertz CT molecular complexity index is 1010. The maximum Gasteiger partial charge on any atom is 0.289 e. The van der Waals surface area contributed by atoms with E-state index in [1.807, 2.05) is 50.2 Å². The molecule has 7 nitrogen and oxygen atoms in total. The summed E-state index contributed by atoms with van der Waals surface area (Å²) in [5.41, 5.74) is 4.98. The van der Waals surface area contributed by atoms with Crippen molar-refractivity contribution in [2.45, 2.75) is 6.92 Å². The molecular weight excluding hydrogens is 342 g/mol. The third-order valence-corrected chi connectivity index (χ3v) is 4.12. The molecule has 0 radical (unpaired) electrons. The maximum absolute atomic E-state index is 13.0. The topological polar surface area (TPSA) is 79.3 Å². The zero-order valence-electron chi connectivity index (χ0n) is 15.7. The summed E-state index contributed by atoms with van der Waals surface area (Å²) in [7, 11) is 3.85. The highest BCUT2D eigenvalue weighted by atomic mass is 16.2. The first-order valence-corrected chi connectivity index (χ1v) is 8.74. The summed E-state index contributed by atoms with van der Waals surface area (Å²) < 4.78 is 1.21. The lowest BCUT2D eigenvalue weighted by atomic mass is 10.2. The molecule has 0 aliphatic rings. The van der Waals surface area contributed by atoms with Gasteiger partial charge >= 0.3 is 0 Å². The first-order valence-electron chi connectivity index (χ1n) is 8.74. The number of fused-ring (bicyclic) bond motifs is 1. The fourth-order valence-electron chi connectivity index (χ4n) is 2.62. The Morgan fingerprint density at radius 2 is 1.81 bits per heavy atom. The van der Waals surface area contributed by atoms with Gasteiger partial charge in [-0.2, -0.15) is 4.68 Å². The average Bonchev–Trinajstić information content (AvgIpc) is 2.65. The number of aryl methyl sites for hydroxylation is 1. The van der Waals surface area contributed by atoms with Gasteiger partial charge in [-0.1, -0.05) is 29.8 Å². The van der Waals surface area contributed by atoms with Crippen molar-refractivity contribution >= 4 is 22.5 Å². The summed E-state index contributed by atoms with van der Waals surface area (Å²) >= 11 is 0. The molecule has 0 fully saturated rings. The molecule has 0 saturated carbocycles. The lowest BCUT2D eigenvalue weighted by Gasteiger charge is -2.16. The lowest BCUT2D eigenvalue weighted by molar-refractivity contribution is 0.0937. The molecule has 3 rings (SSSR count). The summed E-state index contributed by atoms with van der Waals surface area (Å²) in [6, 6.07) is 14.6. The predicted molar refractivity (Wildman–Crippen MR) is 107 cm³/mol. The van der Waals surface area contributed by atoms with Crippen LogP contribution in [-0.4, -0.2) is 47.7 Å². The van der Waals surface area contributed by atoms with Crippen LogP contribution in [0.1, 0.15) is 16.2 Å². The Morgan fingerprint density at radius 1 is 1.11 bits per heavy atom. The van der Waals surface area contributed by atoms with E-state index in [2.05, 4.69) is 15.7 Å². The van der Waals surface area contributed by atoms with Gasteiger partial charge in [0.25, 0.3) is 11.5 Å². The van der Waals surface area contributed by atoms with Crippen molar-refractivity contribution in [2.75, 3.05) is 32.6 Å². The molecular formula is C20H23N5O2. The molecule has 1 aromatic heterocycles. The van der Waals surface area contributed by atoms with Crippen LogP contribution in [0.5, 0.6) is 0 Å². The van der Waals surface area contributed by atoms with Crippen LogP contribution in [0, 0.1) is 6.92 Å². The van der Waals surface area contributed by atoms with Crippen molar-refractivity contribution in [3.05, 3.63) is 70.3 Å². The van der Waals surface area contributed by atoms with E-state index in [4.69, 9.17) is 0 Å². The summed E-state index contributed by atoms with van der Waals surface area (Å²) in [5.74, 6) is -0.377. The summed E-state index contributed by atoms with van der Waals surface area (Å²) in [5, 5.41) is 3.26. The van der Waals surface area contributed by atoms with Crippen molar-refractivity contribution in [1.82, 2.24) is 19.9 Å². The minimum absolute atomic E-state index is 0.0260. The fraction of sp³-hybridized carbons (Fsp3) is 0.250. The number of benzene rings is 2. The second kappa shape index (κ2) is 8.01. The fourth-order valence-corrected chi connectivity index (χ4v) is 2.62. The number of para-hydroxylation sites is 1. The van der Waals surface area contributed by atoms with Gasteiger partial charge in [0, 0.05) is 13.1 Å². The largest absolute Gasteiger partial charge is 0.348 e. The van der Waals surface area contributed by atoms with Crippen molar-refractivity contribution in [3.8, 4) is 0 Å². The Labute approximate surface area is 157 Å². The molecule has 27 heavy (non-hydrogen) atoms.